The van der Waals surface area contributed by atoms with Gasteiger partial charge in [-0.3, -0.25) is 15.6 Å². The number of benzene rings is 2. The number of para-hydroxylation sites is 1. The molecular formula is C15H16N2O. The number of hydrazine groups is 1. The van der Waals surface area contributed by atoms with Crippen LogP contribution in [0.5, 0.6) is 0 Å². The molecule has 2 aromatic carbocycles. The Kier molecular flexibility index (Phi) is 4.36. The van der Waals surface area contributed by atoms with Gasteiger partial charge in [0, 0.05) is 6.42 Å². The van der Waals surface area contributed by atoms with Crippen molar-refractivity contribution in [3.63, 3.8) is 0 Å². The number of anilines is 1. The monoisotopic (exact) mass is 240 g/mol. The number of carbonyl (C=O) groups is 1. The molecule has 0 aromatic heterocycles. The maximum atomic E-state index is 11.6. The van der Waals surface area contributed by atoms with E-state index in [1.807, 2.05) is 60.7 Å². The molecule has 2 N–H and O–H groups in total. The van der Waals surface area contributed by atoms with Crippen LogP contribution in [0.1, 0.15) is 12.0 Å². The predicted molar refractivity (Wildman–Crippen MR) is 73.0 cm³/mol. The van der Waals surface area contributed by atoms with E-state index in [2.05, 4.69) is 10.9 Å². The molecule has 0 spiro atoms. The summed E-state index contributed by atoms with van der Waals surface area (Å²) in [6.07, 6.45) is 1.23. The first-order chi connectivity index (χ1) is 8.84. The summed E-state index contributed by atoms with van der Waals surface area (Å²) in [6.45, 7) is 0. The first kappa shape index (κ1) is 12.2. The van der Waals surface area contributed by atoms with E-state index in [1.165, 1.54) is 5.56 Å². The number of amides is 1. The van der Waals surface area contributed by atoms with Crippen molar-refractivity contribution in [2.24, 2.45) is 0 Å². The van der Waals surface area contributed by atoms with Crippen molar-refractivity contribution in [3.8, 4) is 0 Å². The summed E-state index contributed by atoms with van der Waals surface area (Å²) in [5.41, 5.74) is 7.62. The molecule has 0 heterocycles. The molecule has 0 aliphatic carbocycles. The van der Waals surface area contributed by atoms with E-state index in [0.29, 0.717) is 6.42 Å². The maximum Gasteiger partial charge on any atom is 0.238 e. The lowest BCUT2D eigenvalue weighted by Crippen LogP contribution is -2.29. The van der Waals surface area contributed by atoms with Crippen molar-refractivity contribution < 1.29 is 4.79 Å². The highest BCUT2D eigenvalue weighted by Crippen LogP contribution is 2.04. The minimum Gasteiger partial charge on any atom is -0.299 e. The summed E-state index contributed by atoms with van der Waals surface area (Å²) >= 11 is 0. The normalized spacial score (nSPS) is 9.78. The van der Waals surface area contributed by atoms with Gasteiger partial charge in [-0.1, -0.05) is 48.5 Å². The highest BCUT2D eigenvalue weighted by Gasteiger charge is 2.01. The summed E-state index contributed by atoms with van der Waals surface area (Å²) in [5.74, 6) is -0.0114. The third-order valence-electron chi connectivity index (χ3n) is 2.60. The van der Waals surface area contributed by atoms with E-state index in [9.17, 15) is 4.79 Å². The molecular weight excluding hydrogens is 224 g/mol. The second-order valence-electron chi connectivity index (χ2n) is 4.02. The zero-order chi connectivity index (χ0) is 12.6. The molecule has 0 aliphatic rings. The van der Waals surface area contributed by atoms with Gasteiger partial charge in [-0.2, -0.15) is 0 Å². The first-order valence-corrected chi connectivity index (χ1v) is 5.98. The van der Waals surface area contributed by atoms with E-state index < -0.39 is 0 Å². The average molecular weight is 240 g/mol. The topological polar surface area (TPSA) is 41.1 Å². The second-order valence-corrected chi connectivity index (χ2v) is 4.02. The fourth-order valence-electron chi connectivity index (χ4n) is 1.63. The van der Waals surface area contributed by atoms with E-state index >= 15 is 0 Å². The van der Waals surface area contributed by atoms with Crippen LogP contribution in [-0.4, -0.2) is 5.91 Å². The van der Waals surface area contributed by atoms with E-state index in [0.717, 1.165) is 12.1 Å². The molecule has 0 atom stereocenters. The summed E-state index contributed by atoms with van der Waals surface area (Å²) in [7, 11) is 0. The molecule has 92 valence electrons. The van der Waals surface area contributed by atoms with Crippen LogP contribution in [0.4, 0.5) is 5.69 Å². The van der Waals surface area contributed by atoms with E-state index in [-0.39, 0.29) is 5.91 Å². The highest BCUT2D eigenvalue weighted by atomic mass is 16.2. The second kappa shape index (κ2) is 6.45. The number of hydrogen-bond acceptors (Lipinski definition) is 2. The van der Waals surface area contributed by atoms with Crippen LogP contribution in [0.3, 0.4) is 0 Å². The molecule has 0 saturated heterocycles. The molecule has 2 aromatic rings. The van der Waals surface area contributed by atoms with Gasteiger partial charge in [0.2, 0.25) is 5.91 Å². The van der Waals surface area contributed by atoms with Gasteiger partial charge in [0.25, 0.3) is 0 Å². The standard InChI is InChI=1S/C15H16N2O/c18-15(12-11-13-7-3-1-4-8-13)17-16-14-9-5-2-6-10-14/h1-10,16H,11-12H2,(H,17,18). The third kappa shape index (κ3) is 3.94. The molecule has 18 heavy (non-hydrogen) atoms. The van der Waals surface area contributed by atoms with Crippen LogP contribution in [0, 0.1) is 0 Å². The van der Waals surface area contributed by atoms with Gasteiger partial charge in [-0.15, -0.1) is 0 Å². The Bertz CT molecular complexity index is 437. The zero-order valence-corrected chi connectivity index (χ0v) is 10.1. The lowest BCUT2D eigenvalue weighted by Gasteiger charge is -2.08. The van der Waals surface area contributed by atoms with Crippen molar-refractivity contribution in [1.82, 2.24) is 5.43 Å². The molecule has 1 amide bonds. The molecule has 0 unspecified atom stereocenters. The molecule has 3 heteroatoms. The zero-order valence-electron chi connectivity index (χ0n) is 10.1. The van der Waals surface area contributed by atoms with Gasteiger partial charge < -0.3 is 0 Å². The maximum absolute atomic E-state index is 11.6. The number of rotatable bonds is 5. The van der Waals surface area contributed by atoms with Crippen LogP contribution < -0.4 is 10.9 Å². The van der Waals surface area contributed by atoms with E-state index in [1.54, 1.807) is 0 Å². The third-order valence-corrected chi connectivity index (χ3v) is 2.60. The van der Waals surface area contributed by atoms with Gasteiger partial charge >= 0.3 is 0 Å². The largest absolute Gasteiger partial charge is 0.299 e. The smallest absolute Gasteiger partial charge is 0.238 e. The van der Waals surface area contributed by atoms with Gasteiger partial charge in [0.05, 0.1) is 5.69 Å². The van der Waals surface area contributed by atoms with Crippen LogP contribution >= 0.6 is 0 Å². The van der Waals surface area contributed by atoms with Gasteiger partial charge in [0.1, 0.15) is 0 Å². The Morgan fingerprint density at radius 3 is 2.17 bits per heavy atom. The Balaban J connectivity index is 1.73. The predicted octanol–water partition coefficient (Wildman–Crippen LogP) is 2.76. The Morgan fingerprint density at radius 2 is 1.50 bits per heavy atom. The number of aryl methyl sites for hydroxylation is 1. The number of nitrogens with one attached hydrogen (secondary N) is 2. The van der Waals surface area contributed by atoms with Crippen molar-refractivity contribution in [3.05, 3.63) is 66.2 Å². The molecule has 0 saturated carbocycles. The first-order valence-electron chi connectivity index (χ1n) is 5.98. The highest BCUT2D eigenvalue weighted by molar-refractivity contribution is 5.77. The molecule has 0 fully saturated rings. The van der Waals surface area contributed by atoms with Gasteiger partial charge in [0.15, 0.2) is 0 Å². The molecule has 0 aliphatic heterocycles. The fourth-order valence-corrected chi connectivity index (χ4v) is 1.63. The fraction of sp³-hybridized carbons (Fsp3) is 0.133. The number of carbonyl (C=O) groups excluding carboxylic acids is 1. The lowest BCUT2D eigenvalue weighted by molar-refractivity contribution is -0.120. The quantitative estimate of drug-likeness (QED) is 0.789. The molecule has 2 rings (SSSR count). The number of hydrogen-bond donors (Lipinski definition) is 2. The Morgan fingerprint density at radius 1 is 0.889 bits per heavy atom. The van der Waals surface area contributed by atoms with Crippen LogP contribution in [-0.2, 0) is 11.2 Å². The lowest BCUT2D eigenvalue weighted by atomic mass is 10.1. The van der Waals surface area contributed by atoms with Crippen molar-refractivity contribution in [2.75, 3.05) is 5.43 Å². The van der Waals surface area contributed by atoms with Gasteiger partial charge in [-0.25, -0.2) is 0 Å². The molecule has 0 radical (unpaired) electrons. The summed E-state index contributed by atoms with van der Waals surface area (Å²) in [5, 5.41) is 0. The summed E-state index contributed by atoms with van der Waals surface area (Å²) < 4.78 is 0. The minimum absolute atomic E-state index is 0.0114. The molecule has 3 nitrogen and oxygen atoms in total. The Hall–Kier alpha value is -2.29. The van der Waals surface area contributed by atoms with Crippen molar-refractivity contribution >= 4 is 11.6 Å². The average Bonchev–Trinajstić information content (AvgIpc) is 2.45. The van der Waals surface area contributed by atoms with Crippen molar-refractivity contribution in [1.29, 1.82) is 0 Å². The van der Waals surface area contributed by atoms with Crippen LogP contribution in [0.2, 0.25) is 0 Å². The van der Waals surface area contributed by atoms with Crippen LogP contribution in [0.25, 0.3) is 0 Å². The van der Waals surface area contributed by atoms with Crippen molar-refractivity contribution in [2.45, 2.75) is 12.8 Å². The van der Waals surface area contributed by atoms with E-state index in [4.69, 9.17) is 0 Å². The van der Waals surface area contributed by atoms with Crippen LogP contribution in [0.15, 0.2) is 60.7 Å². The minimum atomic E-state index is -0.0114. The molecule has 0 bridgehead atoms. The van der Waals surface area contributed by atoms with Gasteiger partial charge in [-0.05, 0) is 24.1 Å². The summed E-state index contributed by atoms with van der Waals surface area (Å²) in [4.78, 5) is 11.6. The Labute approximate surface area is 107 Å². The SMILES string of the molecule is O=C(CCc1ccccc1)NNc1ccccc1. The summed E-state index contributed by atoms with van der Waals surface area (Å²) in [6, 6.07) is 19.6.